The van der Waals surface area contributed by atoms with Crippen molar-refractivity contribution in [3.05, 3.63) is 60.3 Å². The van der Waals surface area contributed by atoms with Crippen LogP contribution in [0.2, 0.25) is 0 Å². The van der Waals surface area contributed by atoms with E-state index in [9.17, 15) is 59.1 Å². The van der Waals surface area contributed by atoms with Gasteiger partial charge in [0.25, 0.3) is 11.3 Å². The lowest BCUT2D eigenvalue weighted by atomic mass is 9.73. The van der Waals surface area contributed by atoms with E-state index in [0.29, 0.717) is 71.5 Å². The summed E-state index contributed by atoms with van der Waals surface area (Å²) in [4.78, 5) is 136. The number of carbonyl (C=O) groups is 7. The number of halogens is 2. The molecule has 0 spiro atoms. The number of esters is 3. The Morgan fingerprint density at radius 2 is 0.908 bits per heavy atom. The van der Waals surface area contributed by atoms with E-state index in [2.05, 4.69) is 40.2 Å². The number of amides is 2. The van der Waals surface area contributed by atoms with E-state index in [1.54, 1.807) is 146 Å². The van der Waals surface area contributed by atoms with E-state index in [-0.39, 0.29) is 88.2 Å². The first-order valence-electron chi connectivity index (χ1n) is 44.9. The Labute approximate surface area is 765 Å². The van der Waals surface area contributed by atoms with Crippen LogP contribution in [0.5, 0.6) is 0 Å². The quantitative estimate of drug-likeness (QED) is 0.00959. The third-order valence-electron chi connectivity index (χ3n) is 24.7. The summed E-state index contributed by atoms with van der Waals surface area (Å²) in [5, 5.41) is 70.0. The van der Waals surface area contributed by atoms with Gasteiger partial charge in [0.05, 0.1) is 78.5 Å². The fraction of sp³-hybridized carbons (Fsp3) is 0.707. The summed E-state index contributed by atoms with van der Waals surface area (Å²) in [7, 11) is 7.16. The first-order chi connectivity index (χ1) is 61.2. The molecule has 0 aliphatic carbocycles. The molecular weight excluding hydrogens is 1710 g/mol. The zero-order chi connectivity index (χ0) is 98.1. The number of ketones is 2. The lowest BCUT2D eigenvalue weighted by molar-refractivity contribution is -0.295. The Morgan fingerprint density at radius 3 is 1.26 bits per heavy atom. The van der Waals surface area contributed by atoms with Crippen molar-refractivity contribution in [3.8, 4) is 23.2 Å². The minimum absolute atomic E-state index is 0.0114. The average molecular weight is 1850 g/mol. The number of aliphatic imine (C=N–C) groups is 2. The predicted molar refractivity (Wildman–Crippen MR) is 479 cm³/mol. The second kappa shape index (κ2) is 46.8. The number of nitrogen functional groups attached to an aromatic ring is 2. The summed E-state index contributed by atoms with van der Waals surface area (Å²) in [6.07, 6.45) is -10.9. The molecule has 4 fully saturated rings. The van der Waals surface area contributed by atoms with E-state index in [4.69, 9.17) is 72.6 Å². The molecule has 4 aliphatic rings. The number of rotatable bonds is 27. The van der Waals surface area contributed by atoms with Gasteiger partial charge in [-0.25, -0.2) is 48.3 Å². The Hall–Kier alpha value is -8.97. The molecule has 2 amide bonds. The monoisotopic (exact) mass is 1850 g/mol. The molecule has 4 aromatic heterocycles. The Balaban J connectivity index is 0.000000359. The number of aliphatic hydroxyl groups is 5. The number of pyridine rings is 2. The van der Waals surface area contributed by atoms with Gasteiger partial charge in [0, 0.05) is 60.9 Å². The number of carbonyl (C=O) groups excluding carboxylic acids is 7. The van der Waals surface area contributed by atoms with E-state index in [1.165, 1.54) is 61.0 Å². The van der Waals surface area contributed by atoms with Crippen LogP contribution in [0.3, 0.4) is 0 Å². The number of aliphatic hydroxyl groups excluding tert-OH is 1. The van der Waals surface area contributed by atoms with Crippen molar-refractivity contribution < 1.29 is 129 Å². The van der Waals surface area contributed by atoms with Crippen molar-refractivity contribution in [2.45, 2.75) is 342 Å². The van der Waals surface area contributed by atoms with Crippen LogP contribution in [0.4, 0.5) is 20.4 Å². The summed E-state index contributed by atoms with van der Waals surface area (Å²) in [5.41, 5.74) is -0.453. The van der Waals surface area contributed by atoms with Gasteiger partial charge in [-0.2, -0.15) is 0 Å². The molecular formula is C92H140F2N12O25. The van der Waals surface area contributed by atoms with Crippen LogP contribution in [0, 0.1) is 35.5 Å². The number of aromatic nitrogens is 4. The van der Waals surface area contributed by atoms with Crippen LogP contribution in [0.15, 0.2) is 78.1 Å². The van der Waals surface area contributed by atoms with Crippen molar-refractivity contribution in [1.29, 1.82) is 0 Å². The number of oxazole rings is 2. The molecule has 37 nitrogen and oxygen atoms in total. The minimum Gasteiger partial charge on any atom is -0.457 e. The SMILES string of the molecule is CCC(=O)N=C1[C@H](C)C[C@@](C)(O)[C@H](O[C@@H]2O[C@H](C)C[C@H](N(C)C)[C@H]2O)[C@@H](C)C(=O)[C@](C)(F)C(=O)O[C@H](CC)[C@@](C)(O)[C@H](OC/C(CC)=N\OCc2coc(-c3cccc(N)n3)n2)[C@H]1C.CCC(=O)N=C1[C@H](C)C[C@@](C)(O)[C@H](O[C@@H]2O[C@H](C)C[C@H](N(C)C)[C@H]2OC(C)=O)[C@@H](C)C(=O)[C@](C)(F)C(=O)O[C@H](CC)[C@@](C)(O)[C@H](OCC(CC)=NOCc2coc(-c3cccc(N)n3)n2)[C@H]1C. The molecule has 131 heavy (non-hydrogen) atoms. The van der Waals surface area contributed by atoms with Crippen LogP contribution in [0.1, 0.15) is 221 Å². The number of hydrogen-bond donors (Lipinski definition) is 7. The topological polar surface area (TPSA) is 508 Å². The van der Waals surface area contributed by atoms with Crippen LogP contribution in [-0.4, -0.2) is 280 Å². The smallest absolute Gasteiger partial charge is 0.351 e. The van der Waals surface area contributed by atoms with Crippen molar-refractivity contribution >= 4 is 75.8 Å². The summed E-state index contributed by atoms with van der Waals surface area (Å²) >= 11 is 0. The Morgan fingerprint density at radius 1 is 0.534 bits per heavy atom. The molecule has 0 saturated carbocycles. The molecule has 0 aromatic carbocycles. The number of nitrogens with zero attached hydrogens (tertiary/aromatic N) is 10. The van der Waals surface area contributed by atoms with Crippen molar-refractivity contribution in [2.24, 2.45) is 55.8 Å². The standard InChI is InChI=1S/C47H71FN6O13.C45H69FN6O12/c1-14-30(53-63-24-31-23-62-42(50-31)32-18-17-19-35(49)51-32)22-61-41-27(6)37(52-36(56)16-3)25(4)21-45(9,59)40(67-43-38(65-29(8)55)33(54(12)13)20-26(5)64-43)28(7)39(57)46(10,48)44(58)66-34(15-2)47(41,11)60;1-13-28(51-61-23-29-22-60-40(48-29)30-17-16-18-33(47)49-30)21-59-39-26(6)35(50-34(53)15-3)24(4)20-43(8,57)38(64-41-36(54)31(52(11)12)19-25(5)62-41)27(7)37(55)44(9,46)42(56)63-32(14-2)45(39,10)58/h17-19,23,25-28,33-34,38,40-41,43,59-60H,14-16,20-22,24H2,1-13H3,(H2,49,51);16-18,22,24-27,31-32,36,38-39,41,54,57-58H,13-15,19-21,23H2,1-12H3,(H2,47,49)/b;50-35?,51-28-/t25-,26-,27+,28+,33+,34-,38-,40-,41-,43+,45-,46+,47-;24-,25-,26+,27+,31+,32-,36-,38-,39-,41+,43-,44+,45-/m11/s1. The van der Waals surface area contributed by atoms with Crippen LogP contribution >= 0.6 is 0 Å². The molecule has 39 heteroatoms. The summed E-state index contributed by atoms with van der Waals surface area (Å²) in [6.45, 7) is 30.7. The van der Waals surface area contributed by atoms with Gasteiger partial charge in [-0.3, -0.25) is 24.0 Å². The number of alkyl halides is 2. The number of oxime groups is 2. The Bertz CT molecular complexity index is 4620. The average Bonchev–Trinajstić information content (AvgIpc) is 1.76. The third kappa shape index (κ3) is 27.7. The highest BCUT2D eigenvalue weighted by molar-refractivity contribution is 6.09. The van der Waals surface area contributed by atoms with E-state index < -0.39 is 196 Å². The highest BCUT2D eigenvalue weighted by atomic mass is 19.1. The van der Waals surface area contributed by atoms with Gasteiger partial charge in [0.1, 0.15) is 76.5 Å². The van der Waals surface area contributed by atoms with Crippen LogP contribution in [0.25, 0.3) is 23.2 Å². The maximum Gasteiger partial charge on any atom is 0.351 e. The lowest BCUT2D eigenvalue weighted by Crippen LogP contribution is -2.61. The normalized spacial score (nSPS) is 35.0. The predicted octanol–water partition coefficient (Wildman–Crippen LogP) is 9.79. The zero-order valence-electron chi connectivity index (χ0n) is 80.3. The molecule has 4 aromatic rings. The first kappa shape index (κ1) is 109. The molecule has 4 aliphatic heterocycles. The second-order valence-corrected chi connectivity index (χ2v) is 36.5. The largest absolute Gasteiger partial charge is 0.457 e. The summed E-state index contributed by atoms with van der Waals surface area (Å²) in [5.74, 6) is -12.9. The number of likely N-dealkylation sites (N-methyl/N-ethyl adjacent to an activating group) is 2. The molecule has 732 valence electrons. The maximum absolute atomic E-state index is 17.0. The molecule has 0 bridgehead atoms. The van der Waals surface area contributed by atoms with Gasteiger partial charge in [-0.05, 0) is 171 Å². The van der Waals surface area contributed by atoms with Crippen molar-refractivity contribution in [2.75, 3.05) is 52.9 Å². The second-order valence-electron chi connectivity index (χ2n) is 36.5. The van der Waals surface area contributed by atoms with Gasteiger partial charge in [0.15, 0.2) is 43.5 Å². The van der Waals surface area contributed by atoms with Gasteiger partial charge < -0.3 is 108 Å². The van der Waals surface area contributed by atoms with Gasteiger partial charge in [-0.1, -0.05) is 106 Å². The van der Waals surface area contributed by atoms with E-state index in [1.807, 2.05) is 11.8 Å². The van der Waals surface area contributed by atoms with Crippen molar-refractivity contribution in [1.82, 2.24) is 29.7 Å². The molecule has 8 rings (SSSR count). The first-order valence-corrected chi connectivity index (χ1v) is 44.9. The molecule has 4 saturated heterocycles. The maximum atomic E-state index is 17.0. The molecule has 0 radical (unpaired) electrons. The zero-order valence-corrected chi connectivity index (χ0v) is 80.3. The fourth-order valence-electron chi connectivity index (χ4n) is 17.6. The van der Waals surface area contributed by atoms with Gasteiger partial charge in [-0.15, -0.1) is 0 Å². The molecule has 26 atom stereocenters. The summed E-state index contributed by atoms with van der Waals surface area (Å²) < 4.78 is 100. The Kier molecular flexibility index (Phi) is 39.0. The number of Topliss-reactive ketones (excluding diaryl/α,β-unsaturated/α-hetero) is 2. The highest BCUT2D eigenvalue weighted by Gasteiger charge is 2.59. The summed E-state index contributed by atoms with van der Waals surface area (Å²) in [6, 6.07) is 9.25. The number of ether oxygens (including phenoxy) is 9. The van der Waals surface area contributed by atoms with Crippen LogP contribution in [-0.2, 0) is 99.1 Å². The van der Waals surface area contributed by atoms with E-state index >= 15 is 8.78 Å². The van der Waals surface area contributed by atoms with Crippen LogP contribution < -0.4 is 11.5 Å². The van der Waals surface area contributed by atoms with Gasteiger partial charge in [0.2, 0.25) is 23.6 Å². The molecule has 9 N–H and O–H groups in total. The van der Waals surface area contributed by atoms with Gasteiger partial charge >= 0.3 is 17.9 Å². The third-order valence-corrected chi connectivity index (χ3v) is 24.7. The van der Waals surface area contributed by atoms with Crippen molar-refractivity contribution in [3.63, 3.8) is 0 Å². The molecule has 0 unspecified atom stereocenters. The number of hydrogen-bond acceptors (Lipinski definition) is 35. The minimum atomic E-state index is -3.32. The van der Waals surface area contributed by atoms with E-state index in [0.717, 1.165) is 13.8 Å². The highest BCUT2D eigenvalue weighted by Crippen LogP contribution is 2.43. The fourth-order valence-corrected chi connectivity index (χ4v) is 17.6. The lowest BCUT2D eigenvalue weighted by Gasteiger charge is -2.47. The number of anilines is 2. The number of cyclic esters (lactones) is 2. The molecule has 8 heterocycles. The number of nitrogens with two attached hydrogens (primary N) is 2.